The fourth-order valence-electron chi connectivity index (χ4n) is 1.13. The van der Waals surface area contributed by atoms with Crippen LogP contribution in [-0.2, 0) is 21.8 Å². The zero-order chi connectivity index (χ0) is 8.93. The topological polar surface area (TPSA) is 0 Å². The van der Waals surface area contributed by atoms with Gasteiger partial charge in [0.05, 0.1) is 0 Å². The molecule has 71 valence electrons. The van der Waals surface area contributed by atoms with E-state index in [1.807, 2.05) is 0 Å². The van der Waals surface area contributed by atoms with Crippen molar-refractivity contribution in [3.8, 4) is 0 Å². The third-order valence-corrected chi connectivity index (χ3v) is 7.96. The molecule has 0 saturated carbocycles. The summed E-state index contributed by atoms with van der Waals surface area (Å²) in [6.07, 6.45) is 7.80. The minimum atomic E-state index is -0.407. The first-order chi connectivity index (χ1) is 6.45. The van der Waals surface area contributed by atoms with E-state index in [4.69, 9.17) is 0 Å². The van der Waals surface area contributed by atoms with Crippen LogP contribution < -0.4 is 15.7 Å². The first-order valence-electron chi connectivity index (χ1n) is 4.29. The zero-order valence-corrected chi connectivity index (χ0v) is 11.6. The Morgan fingerprint density at radius 1 is 1.14 bits per heavy atom. The van der Waals surface area contributed by atoms with Gasteiger partial charge in [-0.1, -0.05) is 0 Å². The number of benzene rings is 1. The molecule has 0 amide bonds. The second-order valence-corrected chi connectivity index (χ2v) is 8.20. The Morgan fingerprint density at radius 3 is 2.57 bits per heavy atom. The van der Waals surface area contributed by atoms with Crippen LogP contribution in [0.15, 0.2) is 53.5 Å². The standard InChI is InChI=1S/C6H5.C5H6S.ClH.Zr/c1-2-4-6-5-3-1;6-5-3-1-2-4-5;;/h1-5H;1-3,6H,4H2;1H;/q;;;+2/p-2. The maximum Gasteiger partial charge on any atom is -1.00 e. The largest absolute Gasteiger partial charge is 1.00 e. The summed E-state index contributed by atoms with van der Waals surface area (Å²) >= 11 is -0.407. The molecule has 1 aromatic carbocycles. The van der Waals surface area contributed by atoms with Crippen molar-refractivity contribution in [1.82, 2.24) is 0 Å². The van der Waals surface area contributed by atoms with Crippen LogP contribution in [0.4, 0.5) is 0 Å². The fraction of sp³-hybridized carbons (Fsp3) is 0.0909. The minimum Gasteiger partial charge on any atom is -1.00 e. The van der Waals surface area contributed by atoms with Crippen molar-refractivity contribution >= 4 is 11.8 Å². The Balaban J connectivity index is 0.000000980. The molecule has 0 bridgehead atoms. The van der Waals surface area contributed by atoms with Gasteiger partial charge in [0, 0.05) is 0 Å². The Kier molecular flexibility index (Phi) is 5.85. The fourth-order valence-corrected chi connectivity index (χ4v) is 6.27. The SMILES string of the molecule is C1=CCC([S][Zr+][c]2ccccc2)=C1.[Cl-]. The van der Waals surface area contributed by atoms with Crippen LogP contribution in [-0.4, -0.2) is 0 Å². The van der Waals surface area contributed by atoms with Crippen molar-refractivity contribution in [2.75, 3.05) is 0 Å². The molecule has 0 radical (unpaired) electrons. The first kappa shape index (κ1) is 12.3. The Hall–Kier alpha value is 0.223. The number of rotatable bonds is 3. The van der Waals surface area contributed by atoms with Gasteiger partial charge in [0.25, 0.3) is 0 Å². The van der Waals surface area contributed by atoms with Gasteiger partial charge in [-0.15, -0.1) is 0 Å². The molecule has 1 aromatic rings. The van der Waals surface area contributed by atoms with E-state index < -0.39 is 21.8 Å². The molecular weight excluding hydrogens is 291 g/mol. The number of allylic oxidation sites excluding steroid dienone is 4. The molecule has 0 heterocycles. The summed E-state index contributed by atoms with van der Waals surface area (Å²) < 4.78 is 1.57. The molecule has 0 N–H and O–H groups in total. The number of hydrogen-bond acceptors (Lipinski definition) is 1. The van der Waals surface area contributed by atoms with Crippen molar-refractivity contribution < 1.29 is 34.2 Å². The van der Waals surface area contributed by atoms with Gasteiger partial charge in [0.2, 0.25) is 0 Å². The molecule has 0 fully saturated rings. The molecule has 2 rings (SSSR count). The Labute approximate surface area is 105 Å². The average molecular weight is 301 g/mol. The van der Waals surface area contributed by atoms with Gasteiger partial charge in [-0.05, 0) is 0 Å². The molecule has 0 nitrogen and oxygen atoms in total. The van der Waals surface area contributed by atoms with Crippen molar-refractivity contribution in [3.63, 3.8) is 0 Å². The van der Waals surface area contributed by atoms with Gasteiger partial charge in [0.1, 0.15) is 0 Å². The van der Waals surface area contributed by atoms with Gasteiger partial charge in [0.15, 0.2) is 0 Å². The maximum absolute atomic E-state index is 2.25. The zero-order valence-electron chi connectivity index (χ0n) is 7.61. The van der Waals surface area contributed by atoms with E-state index in [2.05, 4.69) is 57.1 Å². The first-order valence-corrected chi connectivity index (χ1v) is 9.34. The van der Waals surface area contributed by atoms with Gasteiger partial charge < -0.3 is 12.4 Å². The van der Waals surface area contributed by atoms with E-state index in [0.29, 0.717) is 0 Å². The van der Waals surface area contributed by atoms with E-state index in [9.17, 15) is 0 Å². The van der Waals surface area contributed by atoms with E-state index >= 15 is 0 Å². The van der Waals surface area contributed by atoms with E-state index in [1.165, 1.54) is 6.42 Å². The van der Waals surface area contributed by atoms with Crippen LogP contribution in [0, 0.1) is 0 Å². The molecule has 3 heteroatoms. The van der Waals surface area contributed by atoms with Crippen LogP contribution in [0.3, 0.4) is 0 Å². The molecule has 14 heavy (non-hydrogen) atoms. The number of hydrogen-bond donors (Lipinski definition) is 0. The maximum atomic E-state index is 2.25. The third-order valence-electron chi connectivity index (χ3n) is 1.81. The molecular formula is C11H10ClSZr. The minimum absolute atomic E-state index is 0. The predicted octanol–water partition coefficient (Wildman–Crippen LogP) is -0.110. The van der Waals surface area contributed by atoms with Gasteiger partial charge in [-0.2, -0.15) is 0 Å². The summed E-state index contributed by atoms with van der Waals surface area (Å²) in [5, 5.41) is 0. The molecule has 0 atom stereocenters. The van der Waals surface area contributed by atoms with Crippen molar-refractivity contribution in [2.24, 2.45) is 0 Å². The average Bonchev–Trinajstić information content (AvgIpc) is 2.69. The Morgan fingerprint density at radius 2 is 1.93 bits per heavy atom. The van der Waals surface area contributed by atoms with Crippen LogP contribution in [0.5, 0.6) is 0 Å². The van der Waals surface area contributed by atoms with Crippen molar-refractivity contribution in [1.29, 1.82) is 0 Å². The van der Waals surface area contributed by atoms with Gasteiger partial charge >= 0.3 is 93.4 Å². The van der Waals surface area contributed by atoms with E-state index in [0.717, 1.165) is 0 Å². The molecule has 0 saturated heterocycles. The van der Waals surface area contributed by atoms with Crippen LogP contribution in [0.25, 0.3) is 0 Å². The summed E-state index contributed by atoms with van der Waals surface area (Å²) in [7, 11) is 2.11. The summed E-state index contributed by atoms with van der Waals surface area (Å²) in [6, 6.07) is 10.9. The monoisotopic (exact) mass is 299 g/mol. The Bertz CT molecular complexity index is 332. The van der Waals surface area contributed by atoms with Gasteiger partial charge in [-0.25, -0.2) is 0 Å². The summed E-state index contributed by atoms with van der Waals surface area (Å²) in [5.41, 5.74) is 0. The quantitative estimate of drug-likeness (QED) is 0.751. The third kappa shape index (κ3) is 3.76. The van der Waals surface area contributed by atoms with Crippen LogP contribution in [0.2, 0.25) is 0 Å². The smallest absolute Gasteiger partial charge is 1.00 e. The molecule has 1 aliphatic carbocycles. The predicted molar refractivity (Wildman–Crippen MR) is 55.5 cm³/mol. The molecule has 0 aromatic heterocycles. The van der Waals surface area contributed by atoms with Gasteiger partial charge in [-0.3, -0.25) is 0 Å². The van der Waals surface area contributed by atoms with E-state index in [1.54, 1.807) is 8.18 Å². The van der Waals surface area contributed by atoms with Crippen molar-refractivity contribution in [3.05, 3.63) is 53.5 Å². The second kappa shape index (κ2) is 6.66. The molecule has 0 aliphatic heterocycles. The summed E-state index contributed by atoms with van der Waals surface area (Å²) in [5.74, 6) is 0. The van der Waals surface area contributed by atoms with Crippen LogP contribution >= 0.6 is 8.52 Å². The van der Waals surface area contributed by atoms with Crippen molar-refractivity contribution in [2.45, 2.75) is 6.42 Å². The van der Waals surface area contributed by atoms with E-state index in [-0.39, 0.29) is 12.4 Å². The summed E-state index contributed by atoms with van der Waals surface area (Å²) in [6.45, 7) is 0. The molecule has 0 spiro atoms. The number of halogens is 1. The molecule has 1 aliphatic rings. The summed E-state index contributed by atoms with van der Waals surface area (Å²) in [4.78, 5) is 1.55. The molecule has 0 unspecified atom stereocenters. The second-order valence-electron chi connectivity index (χ2n) is 2.84. The van der Waals surface area contributed by atoms with Crippen LogP contribution in [0.1, 0.15) is 6.42 Å². The normalized spacial score (nSPS) is 13.0.